The molecule has 3 aromatic heterocycles. The molecule has 0 saturated carbocycles. The number of thioether (sulfide) groups is 1. The van der Waals surface area contributed by atoms with Crippen LogP contribution in [0, 0.1) is 6.92 Å². The maximum atomic E-state index is 13.3. The van der Waals surface area contributed by atoms with Gasteiger partial charge in [-0.3, -0.25) is 9.48 Å². The smallest absolute Gasteiger partial charge is 0.297 e. The summed E-state index contributed by atoms with van der Waals surface area (Å²) < 4.78 is 10.2. The van der Waals surface area contributed by atoms with Gasteiger partial charge in [0.05, 0.1) is 17.1 Å². The van der Waals surface area contributed by atoms with Gasteiger partial charge in [0, 0.05) is 17.6 Å². The van der Waals surface area contributed by atoms with Crippen LogP contribution in [0.2, 0.25) is 5.02 Å². The van der Waals surface area contributed by atoms with E-state index in [0.717, 1.165) is 16.9 Å². The van der Waals surface area contributed by atoms with Crippen LogP contribution < -0.4 is 5.56 Å². The van der Waals surface area contributed by atoms with Gasteiger partial charge in [0.15, 0.2) is 5.69 Å². The third kappa shape index (κ3) is 3.96. The van der Waals surface area contributed by atoms with Gasteiger partial charge in [-0.25, -0.2) is 4.68 Å². The number of tetrazole rings is 1. The molecule has 0 amide bonds. The van der Waals surface area contributed by atoms with Crippen molar-refractivity contribution in [1.29, 1.82) is 0 Å². The monoisotopic (exact) mass is 480 g/mol. The van der Waals surface area contributed by atoms with Gasteiger partial charge in [0.25, 0.3) is 5.56 Å². The Bertz CT molecular complexity index is 1490. The van der Waals surface area contributed by atoms with Crippen LogP contribution in [0.15, 0.2) is 69.1 Å². The first-order chi connectivity index (χ1) is 16.0. The molecule has 0 unspecified atom stereocenters. The fraction of sp³-hybridized carbons (Fsp3) is 0.143. The maximum absolute atomic E-state index is 13.3. The summed E-state index contributed by atoms with van der Waals surface area (Å²) >= 11 is 7.33. The molecule has 0 atom stereocenters. The van der Waals surface area contributed by atoms with E-state index in [-0.39, 0.29) is 5.56 Å². The average molecular weight is 481 g/mol. The highest BCUT2D eigenvalue weighted by molar-refractivity contribution is 7.98. The van der Waals surface area contributed by atoms with Crippen LogP contribution in [0.1, 0.15) is 11.6 Å². The summed E-state index contributed by atoms with van der Waals surface area (Å²) in [6.45, 7) is 1.85. The predicted octanol–water partition coefficient (Wildman–Crippen LogP) is 3.46. The molecule has 0 radical (unpaired) electrons. The Morgan fingerprint density at radius 2 is 1.94 bits per heavy atom. The lowest BCUT2D eigenvalue weighted by Gasteiger charge is -2.07. The van der Waals surface area contributed by atoms with Gasteiger partial charge in [-0.15, -0.1) is 5.10 Å². The first-order valence-corrected chi connectivity index (χ1v) is 11.2. The van der Waals surface area contributed by atoms with Crippen LogP contribution in [0.5, 0.6) is 0 Å². The summed E-state index contributed by atoms with van der Waals surface area (Å²) in [6, 6.07) is 16.6. The molecule has 0 aliphatic carbocycles. The summed E-state index contributed by atoms with van der Waals surface area (Å²) in [5.74, 6) is 1.17. The predicted molar refractivity (Wildman–Crippen MR) is 123 cm³/mol. The molecule has 3 heterocycles. The van der Waals surface area contributed by atoms with Gasteiger partial charge in [-0.1, -0.05) is 58.9 Å². The topological polar surface area (TPSA) is 109 Å². The van der Waals surface area contributed by atoms with Crippen molar-refractivity contribution in [2.45, 2.75) is 17.8 Å². The Labute approximate surface area is 196 Å². The largest absolute Gasteiger partial charge is 0.338 e. The highest BCUT2D eigenvalue weighted by atomic mass is 35.5. The molecular weight excluding hydrogens is 464 g/mol. The molecule has 5 aromatic rings. The molecule has 0 N–H and O–H groups in total. The normalized spacial score (nSPS) is 11.2. The second-order valence-electron chi connectivity index (χ2n) is 7.09. The molecule has 0 bridgehead atoms. The van der Waals surface area contributed by atoms with Gasteiger partial charge >= 0.3 is 0 Å². The molecule has 166 valence electrons. The first kappa shape index (κ1) is 21.2. The highest BCUT2D eigenvalue weighted by Crippen LogP contribution is 2.25. The van der Waals surface area contributed by atoms with Crippen molar-refractivity contribution in [3.8, 4) is 22.8 Å². The van der Waals surface area contributed by atoms with E-state index in [4.69, 9.17) is 16.1 Å². The van der Waals surface area contributed by atoms with Crippen LogP contribution in [0.3, 0.4) is 0 Å². The number of hydrogen-bond donors (Lipinski definition) is 0. The number of rotatable bonds is 6. The summed E-state index contributed by atoms with van der Waals surface area (Å²) in [7, 11) is 1.82. The molecular formula is C21H17ClN8O2S. The molecule has 0 aliphatic rings. The Morgan fingerprint density at radius 1 is 1.12 bits per heavy atom. The van der Waals surface area contributed by atoms with E-state index < -0.39 is 0 Å². The average Bonchev–Trinajstić information content (AvgIpc) is 3.52. The molecule has 5 rings (SSSR count). The number of nitrogens with zero attached hydrogens (tertiary/aromatic N) is 8. The molecule has 0 saturated heterocycles. The molecule has 2 aromatic carbocycles. The zero-order chi connectivity index (χ0) is 22.9. The second kappa shape index (κ2) is 8.68. The number of para-hydroxylation sites is 1. The quantitative estimate of drug-likeness (QED) is 0.340. The standard InChI is InChI=1S/C21H17ClN8O2S/c1-13-18(20(31)30(28(13)2)16-9-4-3-5-10-16)29-21(24-26-27-29)33-12-17-23-19(25-32-17)14-7-6-8-15(22)11-14/h3-11H,12H2,1-2H3. The van der Waals surface area contributed by atoms with Crippen molar-refractivity contribution in [2.24, 2.45) is 7.05 Å². The minimum atomic E-state index is -0.226. The molecule has 33 heavy (non-hydrogen) atoms. The molecule has 0 fully saturated rings. The summed E-state index contributed by atoms with van der Waals surface area (Å²) in [5.41, 5.74) is 2.38. The van der Waals surface area contributed by atoms with Crippen molar-refractivity contribution >= 4 is 23.4 Å². The Kier molecular flexibility index (Phi) is 5.56. The third-order valence-corrected chi connectivity index (χ3v) is 6.19. The summed E-state index contributed by atoms with van der Waals surface area (Å²) in [6.07, 6.45) is 0. The van der Waals surface area contributed by atoms with Crippen LogP contribution in [0.4, 0.5) is 0 Å². The molecule has 10 nitrogen and oxygen atoms in total. The Hall–Kier alpha value is -3.70. The van der Waals surface area contributed by atoms with Crippen molar-refractivity contribution in [2.75, 3.05) is 0 Å². The van der Waals surface area contributed by atoms with E-state index in [1.54, 1.807) is 21.5 Å². The Balaban J connectivity index is 1.42. The maximum Gasteiger partial charge on any atom is 0.297 e. The van der Waals surface area contributed by atoms with Crippen LogP contribution in [0.25, 0.3) is 22.8 Å². The minimum absolute atomic E-state index is 0.226. The minimum Gasteiger partial charge on any atom is -0.338 e. The third-order valence-electron chi connectivity index (χ3n) is 5.05. The van der Waals surface area contributed by atoms with E-state index in [9.17, 15) is 4.79 Å². The van der Waals surface area contributed by atoms with Gasteiger partial charge in [-0.05, 0) is 41.6 Å². The lowest BCUT2D eigenvalue weighted by Crippen LogP contribution is -2.22. The van der Waals surface area contributed by atoms with Gasteiger partial charge in [-0.2, -0.15) is 9.67 Å². The number of benzene rings is 2. The second-order valence-corrected chi connectivity index (χ2v) is 8.47. The zero-order valence-corrected chi connectivity index (χ0v) is 19.2. The van der Waals surface area contributed by atoms with Crippen LogP contribution >= 0.6 is 23.4 Å². The van der Waals surface area contributed by atoms with E-state index in [2.05, 4.69) is 25.7 Å². The van der Waals surface area contributed by atoms with Crippen LogP contribution in [-0.4, -0.2) is 39.7 Å². The summed E-state index contributed by atoms with van der Waals surface area (Å²) in [4.78, 5) is 17.7. The van der Waals surface area contributed by atoms with Crippen molar-refractivity contribution in [3.05, 3.63) is 81.6 Å². The van der Waals surface area contributed by atoms with E-state index >= 15 is 0 Å². The van der Waals surface area contributed by atoms with E-state index in [1.807, 2.05) is 56.4 Å². The number of halogens is 1. The molecule has 0 spiro atoms. The molecule has 12 heteroatoms. The highest BCUT2D eigenvalue weighted by Gasteiger charge is 2.22. The van der Waals surface area contributed by atoms with Crippen molar-refractivity contribution in [1.82, 2.24) is 39.7 Å². The van der Waals surface area contributed by atoms with Crippen molar-refractivity contribution in [3.63, 3.8) is 0 Å². The first-order valence-electron chi connectivity index (χ1n) is 9.87. The SMILES string of the molecule is Cc1c(-n2nnnc2SCc2nc(-c3cccc(Cl)c3)no2)c(=O)n(-c2ccccc2)n1C. The molecule has 0 aliphatic heterocycles. The fourth-order valence-electron chi connectivity index (χ4n) is 3.39. The zero-order valence-electron chi connectivity index (χ0n) is 17.6. The Morgan fingerprint density at radius 3 is 2.73 bits per heavy atom. The van der Waals surface area contributed by atoms with Gasteiger partial charge in [0.1, 0.15) is 0 Å². The van der Waals surface area contributed by atoms with Gasteiger partial charge in [0.2, 0.25) is 16.9 Å². The van der Waals surface area contributed by atoms with Crippen molar-refractivity contribution < 1.29 is 4.52 Å². The van der Waals surface area contributed by atoms with Gasteiger partial charge < -0.3 is 4.52 Å². The van der Waals surface area contributed by atoms with E-state index in [1.165, 1.54) is 16.4 Å². The lowest BCUT2D eigenvalue weighted by atomic mass is 10.2. The number of hydrogen-bond acceptors (Lipinski definition) is 8. The number of aromatic nitrogens is 8. The summed E-state index contributed by atoms with van der Waals surface area (Å²) in [5, 5.41) is 16.9. The van der Waals surface area contributed by atoms with E-state index in [0.29, 0.717) is 33.3 Å². The van der Waals surface area contributed by atoms with Crippen LogP contribution in [-0.2, 0) is 12.8 Å². The fourth-order valence-corrected chi connectivity index (χ4v) is 4.30. The lowest BCUT2D eigenvalue weighted by molar-refractivity contribution is 0.391.